The Hall–Kier alpha value is -1.81. The van der Waals surface area contributed by atoms with Gasteiger partial charge in [0.25, 0.3) is 0 Å². The molecule has 0 aliphatic carbocycles. The summed E-state index contributed by atoms with van der Waals surface area (Å²) in [5, 5.41) is 12.3. The Bertz CT molecular complexity index is 434. The van der Waals surface area contributed by atoms with Crippen LogP contribution in [0.5, 0.6) is 5.75 Å². The highest BCUT2D eigenvalue weighted by atomic mass is 19.1. The van der Waals surface area contributed by atoms with Crippen molar-refractivity contribution in [3.63, 3.8) is 0 Å². The van der Waals surface area contributed by atoms with Crippen LogP contribution in [-0.2, 0) is 13.1 Å². The van der Waals surface area contributed by atoms with Crippen LogP contribution in [0, 0.1) is 5.82 Å². The molecular weight excluding hydrogens is 209 g/mol. The highest BCUT2D eigenvalue weighted by Gasteiger charge is 2.00. The second-order valence-corrected chi connectivity index (χ2v) is 3.50. The lowest BCUT2D eigenvalue weighted by Crippen LogP contribution is -2.12. The molecule has 16 heavy (non-hydrogen) atoms. The Morgan fingerprint density at radius 1 is 1.25 bits per heavy atom. The van der Waals surface area contributed by atoms with Crippen LogP contribution in [0.25, 0.3) is 0 Å². The van der Waals surface area contributed by atoms with E-state index in [1.165, 1.54) is 12.1 Å². The first-order valence-electron chi connectivity index (χ1n) is 4.95. The number of nitrogens with one attached hydrogen (secondary N) is 1. The average Bonchev–Trinajstić information content (AvgIpc) is 2.69. The van der Waals surface area contributed by atoms with E-state index >= 15 is 0 Å². The van der Waals surface area contributed by atoms with E-state index in [9.17, 15) is 9.50 Å². The number of phenols is 1. The summed E-state index contributed by atoms with van der Waals surface area (Å²) in [6.07, 6.45) is 1.60. The van der Waals surface area contributed by atoms with Crippen molar-refractivity contribution in [3.8, 4) is 5.75 Å². The molecule has 0 aliphatic heterocycles. The topological polar surface area (TPSA) is 45.4 Å². The molecule has 0 aliphatic rings. The third-order valence-electron chi connectivity index (χ3n) is 2.15. The van der Waals surface area contributed by atoms with Gasteiger partial charge in [0.05, 0.1) is 12.8 Å². The third-order valence-corrected chi connectivity index (χ3v) is 2.15. The van der Waals surface area contributed by atoms with Crippen molar-refractivity contribution >= 4 is 0 Å². The van der Waals surface area contributed by atoms with E-state index in [-0.39, 0.29) is 5.75 Å². The van der Waals surface area contributed by atoms with Crippen molar-refractivity contribution in [2.24, 2.45) is 0 Å². The SMILES string of the molecule is Oc1cc(F)cc(CNCc2ccco2)c1. The van der Waals surface area contributed by atoms with E-state index in [0.717, 1.165) is 11.8 Å². The number of benzene rings is 1. The van der Waals surface area contributed by atoms with Crippen LogP contribution in [0.4, 0.5) is 4.39 Å². The summed E-state index contributed by atoms with van der Waals surface area (Å²) in [5.41, 5.74) is 0.698. The standard InChI is InChI=1S/C12H12FNO2/c13-10-4-9(5-11(15)6-10)7-14-8-12-2-1-3-16-12/h1-6,14-15H,7-8H2. The lowest BCUT2D eigenvalue weighted by atomic mass is 10.2. The maximum atomic E-state index is 12.9. The monoisotopic (exact) mass is 221 g/mol. The van der Waals surface area contributed by atoms with Gasteiger partial charge in [0, 0.05) is 12.6 Å². The van der Waals surface area contributed by atoms with Gasteiger partial charge in [-0.25, -0.2) is 4.39 Å². The van der Waals surface area contributed by atoms with E-state index in [4.69, 9.17) is 4.42 Å². The first-order chi connectivity index (χ1) is 7.74. The van der Waals surface area contributed by atoms with Gasteiger partial charge in [-0.05, 0) is 29.8 Å². The first kappa shape index (κ1) is 10.7. The minimum atomic E-state index is -0.435. The third kappa shape index (κ3) is 2.84. The van der Waals surface area contributed by atoms with Gasteiger partial charge in [-0.2, -0.15) is 0 Å². The molecule has 0 radical (unpaired) electrons. The Morgan fingerprint density at radius 3 is 2.81 bits per heavy atom. The average molecular weight is 221 g/mol. The first-order valence-corrected chi connectivity index (χ1v) is 4.95. The molecule has 1 heterocycles. The van der Waals surface area contributed by atoms with Crippen LogP contribution in [-0.4, -0.2) is 5.11 Å². The number of rotatable bonds is 4. The van der Waals surface area contributed by atoms with Crippen LogP contribution in [0.15, 0.2) is 41.0 Å². The zero-order valence-electron chi connectivity index (χ0n) is 8.61. The second kappa shape index (κ2) is 4.81. The van der Waals surface area contributed by atoms with Crippen LogP contribution in [0.3, 0.4) is 0 Å². The number of phenolic OH excluding ortho intramolecular Hbond substituents is 1. The number of hydrogen-bond donors (Lipinski definition) is 2. The fraction of sp³-hybridized carbons (Fsp3) is 0.167. The Balaban J connectivity index is 1.89. The molecule has 0 unspecified atom stereocenters. The minimum absolute atomic E-state index is 0.0604. The molecule has 2 N–H and O–H groups in total. The van der Waals surface area contributed by atoms with Crippen LogP contribution < -0.4 is 5.32 Å². The van der Waals surface area contributed by atoms with Gasteiger partial charge in [0.15, 0.2) is 0 Å². The highest BCUT2D eigenvalue weighted by Crippen LogP contribution is 2.14. The summed E-state index contributed by atoms with van der Waals surface area (Å²) in [6.45, 7) is 1.05. The van der Waals surface area contributed by atoms with Gasteiger partial charge in [-0.1, -0.05) is 0 Å². The molecule has 0 amide bonds. The zero-order valence-corrected chi connectivity index (χ0v) is 8.61. The molecule has 1 aromatic carbocycles. The van der Waals surface area contributed by atoms with Crippen LogP contribution in [0.2, 0.25) is 0 Å². The van der Waals surface area contributed by atoms with Crippen molar-refractivity contribution in [1.29, 1.82) is 0 Å². The number of furan rings is 1. The molecule has 3 nitrogen and oxygen atoms in total. The van der Waals surface area contributed by atoms with E-state index in [1.807, 2.05) is 12.1 Å². The van der Waals surface area contributed by atoms with Gasteiger partial charge in [0.1, 0.15) is 17.3 Å². The molecule has 4 heteroatoms. The van der Waals surface area contributed by atoms with Crippen molar-refractivity contribution in [2.75, 3.05) is 0 Å². The minimum Gasteiger partial charge on any atom is -0.508 e. The number of hydrogen-bond acceptors (Lipinski definition) is 3. The Kier molecular flexibility index (Phi) is 3.22. The smallest absolute Gasteiger partial charge is 0.127 e. The molecule has 2 rings (SSSR count). The fourth-order valence-corrected chi connectivity index (χ4v) is 1.48. The number of halogens is 1. The molecule has 84 valence electrons. The van der Waals surface area contributed by atoms with Crippen molar-refractivity contribution < 1.29 is 13.9 Å². The zero-order chi connectivity index (χ0) is 11.4. The van der Waals surface area contributed by atoms with Gasteiger partial charge >= 0.3 is 0 Å². The lowest BCUT2D eigenvalue weighted by molar-refractivity contribution is 0.465. The summed E-state index contributed by atoms with van der Waals surface area (Å²) < 4.78 is 18.1. The summed E-state index contributed by atoms with van der Waals surface area (Å²) in [4.78, 5) is 0. The fourth-order valence-electron chi connectivity index (χ4n) is 1.48. The summed E-state index contributed by atoms with van der Waals surface area (Å²) in [5.74, 6) is 0.324. The molecule has 0 saturated carbocycles. The molecule has 0 atom stereocenters. The Morgan fingerprint density at radius 2 is 2.12 bits per heavy atom. The molecule has 0 saturated heterocycles. The second-order valence-electron chi connectivity index (χ2n) is 3.50. The van der Waals surface area contributed by atoms with Gasteiger partial charge in [-0.3, -0.25) is 0 Å². The van der Waals surface area contributed by atoms with E-state index in [2.05, 4.69) is 5.32 Å². The van der Waals surface area contributed by atoms with E-state index in [0.29, 0.717) is 18.7 Å². The molecule has 0 spiro atoms. The maximum absolute atomic E-state index is 12.9. The molecule has 0 bridgehead atoms. The lowest BCUT2D eigenvalue weighted by Gasteiger charge is -2.04. The van der Waals surface area contributed by atoms with Gasteiger partial charge in [-0.15, -0.1) is 0 Å². The quantitative estimate of drug-likeness (QED) is 0.833. The normalized spacial score (nSPS) is 10.6. The molecule has 1 aromatic heterocycles. The number of aromatic hydroxyl groups is 1. The summed E-state index contributed by atoms with van der Waals surface area (Å²) in [7, 11) is 0. The highest BCUT2D eigenvalue weighted by molar-refractivity contribution is 5.28. The molecule has 2 aromatic rings. The molecular formula is C12H12FNO2. The van der Waals surface area contributed by atoms with E-state index < -0.39 is 5.82 Å². The van der Waals surface area contributed by atoms with Crippen molar-refractivity contribution in [1.82, 2.24) is 5.32 Å². The van der Waals surface area contributed by atoms with Crippen LogP contribution >= 0.6 is 0 Å². The van der Waals surface area contributed by atoms with Crippen molar-refractivity contribution in [2.45, 2.75) is 13.1 Å². The van der Waals surface area contributed by atoms with E-state index in [1.54, 1.807) is 6.26 Å². The largest absolute Gasteiger partial charge is 0.508 e. The predicted octanol–water partition coefficient (Wildman–Crippen LogP) is 2.41. The molecule has 0 fully saturated rings. The van der Waals surface area contributed by atoms with Crippen molar-refractivity contribution in [3.05, 3.63) is 53.7 Å². The van der Waals surface area contributed by atoms with Gasteiger partial charge < -0.3 is 14.8 Å². The summed E-state index contributed by atoms with van der Waals surface area (Å²) >= 11 is 0. The predicted molar refractivity (Wildman–Crippen MR) is 57.3 cm³/mol. The van der Waals surface area contributed by atoms with Crippen LogP contribution in [0.1, 0.15) is 11.3 Å². The maximum Gasteiger partial charge on any atom is 0.127 e. The summed E-state index contributed by atoms with van der Waals surface area (Å²) in [6, 6.07) is 7.66. The Labute approximate surface area is 92.5 Å². The van der Waals surface area contributed by atoms with Gasteiger partial charge in [0.2, 0.25) is 0 Å².